The van der Waals surface area contributed by atoms with Crippen LogP contribution in [-0.2, 0) is 4.74 Å². The van der Waals surface area contributed by atoms with Crippen LogP contribution in [0.15, 0.2) is 35.6 Å². The smallest absolute Gasteiger partial charge is 0.245 e. The zero-order chi connectivity index (χ0) is 16.1. The Kier molecular flexibility index (Phi) is 4.77. The minimum Gasteiger partial charge on any atom is -0.378 e. The molecule has 1 aromatic heterocycles. The molecule has 1 N–H and O–H groups in total. The molecule has 1 aliphatic heterocycles. The minimum atomic E-state index is -0.444. The lowest BCUT2D eigenvalue weighted by molar-refractivity contribution is 0.122. The highest BCUT2D eigenvalue weighted by Gasteiger charge is 2.17. The molecule has 0 bridgehead atoms. The number of rotatable bonds is 4. The number of aryl methyl sites for hydroxylation is 1. The SMILES string of the molecule is Cc1cccc(/C=N\Nc2ncc(F)c(N3CCOCC3)n2)c1. The predicted octanol–water partition coefficient (Wildman–Crippen LogP) is 2.21. The van der Waals surface area contributed by atoms with Gasteiger partial charge in [-0.25, -0.2) is 14.8 Å². The first-order valence-electron chi connectivity index (χ1n) is 7.43. The summed E-state index contributed by atoms with van der Waals surface area (Å²) in [5.74, 6) is 0.0912. The summed E-state index contributed by atoms with van der Waals surface area (Å²) in [6, 6.07) is 7.93. The molecule has 6 nitrogen and oxygen atoms in total. The lowest BCUT2D eigenvalue weighted by atomic mass is 10.2. The molecule has 1 aliphatic rings. The first-order valence-corrected chi connectivity index (χ1v) is 7.43. The summed E-state index contributed by atoms with van der Waals surface area (Å²) >= 11 is 0. The number of halogens is 1. The number of hydrogen-bond acceptors (Lipinski definition) is 6. The number of benzene rings is 1. The first-order chi connectivity index (χ1) is 11.2. The third-order valence-corrected chi connectivity index (χ3v) is 3.46. The second kappa shape index (κ2) is 7.15. The summed E-state index contributed by atoms with van der Waals surface area (Å²) in [4.78, 5) is 9.96. The highest BCUT2D eigenvalue weighted by atomic mass is 19.1. The van der Waals surface area contributed by atoms with E-state index in [-0.39, 0.29) is 11.8 Å². The van der Waals surface area contributed by atoms with Crippen LogP contribution in [0.5, 0.6) is 0 Å². The summed E-state index contributed by atoms with van der Waals surface area (Å²) < 4.78 is 19.2. The van der Waals surface area contributed by atoms with Crippen LogP contribution in [0.4, 0.5) is 16.2 Å². The van der Waals surface area contributed by atoms with Crippen LogP contribution < -0.4 is 10.3 Å². The summed E-state index contributed by atoms with van der Waals surface area (Å²) in [5, 5.41) is 4.10. The van der Waals surface area contributed by atoms with E-state index in [0.29, 0.717) is 26.3 Å². The Hall–Kier alpha value is -2.54. The number of nitrogens with one attached hydrogen (secondary N) is 1. The fourth-order valence-corrected chi connectivity index (χ4v) is 2.32. The van der Waals surface area contributed by atoms with Gasteiger partial charge in [0.15, 0.2) is 11.6 Å². The van der Waals surface area contributed by atoms with Crippen molar-refractivity contribution in [3.63, 3.8) is 0 Å². The number of nitrogens with zero attached hydrogens (tertiary/aromatic N) is 4. The van der Waals surface area contributed by atoms with Crippen LogP contribution in [0.2, 0.25) is 0 Å². The van der Waals surface area contributed by atoms with Crippen LogP contribution in [-0.4, -0.2) is 42.5 Å². The standard InChI is InChI=1S/C16H18FN5O/c1-12-3-2-4-13(9-12)10-19-21-16-18-11-14(17)15(20-16)22-5-7-23-8-6-22/h2-4,9-11H,5-8H2,1H3,(H,18,20,21)/b19-10-. The van der Waals surface area contributed by atoms with Gasteiger partial charge in [-0.15, -0.1) is 0 Å². The van der Waals surface area contributed by atoms with E-state index in [4.69, 9.17) is 4.74 Å². The van der Waals surface area contributed by atoms with Crippen molar-refractivity contribution in [3.8, 4) is 0 Å². The second-order valence-electron chi connectivity index (χ2n) is 5.25. The van der Waals surface area contributed by atoms with Gasteiger partial charge in [0.05, 0.1) is 25.6 Å². The van der Waals surface area contributed by atoms with Gasteiger partial charge >= 0.3 is 0 Å². The molecule has 0 aliphatic carbocycles. The average molecular weight is 315 g/mol. The molecule has 3 rings (SSSR count). The molecule has 7 heteroatoms. The second-order valence-corrected chi connectivity index (χ2v) is 5.25. The van der Waals surface area contributed by atoms with Crippen LogP contribution in [0.25, 0.3) is 0 Å². The molecule has 0 saturated carbocycles. The zero-order valence-corrected chi connectivity index (χ0v) is 12.9. The quantitative estimate of drug-likeness (QED) is 0.692. The number of hydrazone groups is 1. The fourth-order valence-electron chi connectivity index (χ4n) is 2.32. The van der Waals surface area contributed by atoms with Crippen LogP contribution in [0.1, 0.15) is 11.1 Å². The summed E-state index contributed by atoms with van der Waals surface area (Å²) in [6.07, 6.45) is 2.83. The van der Waals surface area contributed by atoms with Gasteiger partial charge in [0.25, 0.3) is 0 Å². The normalized spacial score (nSPS) is 15.1. The van der Waals surface area contributed by atoms with E-state index < -0.39 is 5.82 Å². The Morgan fingerprint density at radius 1 is 1.35 bits per heavy atom. The Morgan fingerprint density at radius 3 is 2.96 bits per heavy atom. The van der Waals surface area contributed by atoms with Gasteiger partial charge in [0, 0.05) is 13.1 Å². The molecule has 1 aromatic carbocycles. The van der Waals surface area contributed by atoms with Gasteiger partial charge in [0.1, 0.15) is 0 Å². The molecule has 0 radical (unpaired) electrons. The van der Waals surface area contributed by atoms with E-state index in [0.717, 1.165) is 17.3 Å². The van der Waals surface area contributed by atoms with E-state index in [9.17, 15) is 4.39 Å². The minimum absolute atomic E-state index is 0.261. The topological polar surface area (TPSA) is 62.6 Å². The van der Waals surface area contributed by atoms with Gasteiger partial charge < -0.3 is 9.64 Å². The third kappa shape index (κ3) is 4.01. The molecule has 2 heterocycles. The number of anilines is 2. The molecule has 0 amide bonds. The maximum atomic E-state index is 13.9. The molecule has 23 heavy (non-hydrogen) atoms. The molecule has 0 unspecified atom stereocenters. The molecule has 1 saturated heterocycles. The van der Waals surface area contributed by atoms with E-state index >= 15 is 0 Å². The Bertz CT molecular complexity index is 701. The monoisotopic (exact) mass is 315 g/mol. The lowest BCUT2D eigenvalue weighted by Gasteiger charge is -2.27. The first kappa shape index (κ1) is 15.4. The summed E-state index contributed by atoms with van der Waals surface area (Å²) in [7, 11) is 0. The van der Waals surface area contributed by atoms with Gasteiger partial charge in [-0.2, -0.15) is 10.1 Å². The number of morpholine rings is 1. The van der Waals surface area contributed by atoms with Gasteiger partial charge in [-0.1, -0.05) is 29.8 Å². The molecule has 1 fully saturated rings. The van der Waals surface area contributed by atoms with Crippen molar-refractivity contribution in [2.24, 2.45) is 5.10 Å². The lowest BCUT2D eigenvalue weighted by Crippen LogP contribution is -2.37. The van der Waals surface area contributed by atoms with E-state index in [1.807, 2.05) is 36.1 Å². The molecule has 0 atom stereocenters. The molecular weight excluding hydrogens is 297 g/mol. The summed E-state index contributed by atoms with van der Waals surface area (Å²) in [6.45, 7) is 4.37. The Labute approximate surface area is 134 Å². The molecular formula is C16H18FN5O. The van der Waals surface area contributed by atoms with Gasteiger partial charge in [0.2, 0.25) is 5.95 Å². The van der Waals surface area contributed by atoms with Gasteiger partial charge in [-0.3, -0.25) is 0 Å². The van der Waals surface area contributed by atoms with Crippen molar-refractivity contribution in [3.05, 3.63) is 47.4 Å². The molecule has 0 spiro atoms. The van der Waals surface area contributed by atoms with Crippen molar-refractivity contribution < 1.29 is 9.13 Å². The summed E-state index contributed by atoms with van der Waals surface area (Å²) in [5.41, 5.74) is 4.86. The molecule has 2 aromatic rings. The van der Waals surface area contributed by atoms with Crippen LogP contribution in [0, 0.1) is 12.7 Å². The van der Waals surface area contributed by atoms with Crippen molar-refractivity contribution in [1.82, 2.24) is 9.97 Å². The van der Waals surface area contributed by atoms with Crippen LogP contribution in [0.3, 0.4) is 0 Å². The van der Waals surface area contributed by atoms with Crippen molar-refractivity contribution in [2.45, 2.75) is 6.92 Å². The predicted molar refractivity (Wildman–Crippen MR) is 87.4 cm³/mol. The number of ether oxygens (including phenoxy) is 1. The highest BCUT2D eigenvalue weighted by Crippen LogP contribution is 2.18. The fraction of sp³-hybridized carbons (Fsp3) is 0.312. The number of hydrogen-bond donors (Lipinski definition) is 1. The number of aromatic nitrogens is 2. The average Bonchev–Trinajstić information content (AvgIpc) is 2.57. The maximum Gasteiger partial charge on any atom is 0.245 e. The van der Waals surface area contributed by atoms with Crippen molar-refractivity contribution in [1.29, 1.82) is 0 Å². The molecule has 120 valence electrons. The maximum absolute atomic E-state index is 13.9. The van der Waals surface area contributed by atoms with Gasteiger partial charge in [-0.05, 0) is 12.5 Å². The van der Waals surface area contributed by atoms with E-state index in [2.05, 4.69) is 20.5 Å². The zero-order valence-electron chi connectivity index (χ0n) is 12.9. The van der Waals surface area contributed by atoms with Crippen LogP contribution >= 0.6 is 0 Å². The Morgan fingerprint density at radius 2 is 2.17 bits per heavy atom. The highest BCUT2D eigenvalue weighted by molar-refractivity contribution is 5.80. The third-order valence-electron chi connectivity index (χ3n) is 3.46. The van der Waals surface area contributed by atoms with E-state index in [1.165, 1.54) is 0 Å². The van der Waals surface area contributed by atoms with Crippen molar-refractivity contribution in [2.75, 3.05) is 36.6 Å². The van der Waals surface area contributed by atoms with Crippen molar-refractivity contribution >= 4 is 18.0 Å². The largest absolute Gasteiger partial charge is 0.378 e. The van der Waals surface area contributed by atoms with E-state index in [1.54, 1.807) is 6.21 Å². The Balaban J connectivity index is 1.70.